The number of hydrogen-bond acceptors (Lipinski definition) is 4. The Balaban J connectivity index is 1.74. The van der Waals surface area contributed by atoms with E-state index in [2.05, 4.69) is 0 Å². The standard InChI is InChI=1S/C38H43FO5PSi/c1-26-22-27(2)32(33(23-26)29-18-19-35(39)28(3)24-29)20-21-45(42,43-7)25-34(38(4,5)6)36(37(40)41)44-46(30-14-10-8-11-15-30)31-16-12-9-13-17-31/h8-24,34,36H,25H2,1-7H3,(H,40,41)/b21-20-. The summed E-state index contributed by atoms with van der Waals surface area (Å²) in [4.78, 5) is 13.0. The van der Waals surface area contributed by atoms with Crippen molar-refractivity contribution in [1.82, 2.24) is 0 Å². The molecule has 0 heterocycles. The van der Waals surface area contributed by atoms with Crippen LogP contribution in [0.2, 0.25) is 0 Å². The highest BCUT2D eigenvalue weighted by Gasteiger charge is 2.43. The highest BCUT2D eigenvalue weighted by atomic mass is 31.2. The zero-order valence-electron chi connectivity index (χ0n) is 27.6. The van der Waals surface area contributed by atoms with E-state index in [1.54, 1.807) is 30.9 Å². The van der Waals surface area contributed by atoms with Crippen molar-refractivity contribution in [2.75, 3.05) is 13.3 Å². The number of rotatable bonds is 12. The minimum atomic E-state index is -3.53. The first-order valence-electron chi connectivity index (χ1n) is 15.3. The van der Waals surface area contributed by atoms with Crippen LogP contribution in [0.1, 0.15) is 43.0 Å². The molecule has 0 fully saturated rings. The fraction of sp³-hybridized carbons (Fsp3) is 0.289. The molecule has 0 aliphatic heterocycles. The van der Waals surface area contributed by atoms with Crippen LogP contribution in [0.5, 0.6) is 0 Å². The van der Waals surface area contributed by atoms with Crippen LogP contribution in [-0.4, -0.2) is 39.5 Å². The summed E-state index contributed by atoms with van der Waals surface area (Å²) in [6, 6.07) is 28.4. The van der Waals surface area contributed by atoms with Gasteiger partial charge < -0.3 is 14.1 Å². The molecule has 0 aromatic heterocycles. The third kappa shape index (κ3) is 8.59. The van der Waals surface area contributed by atoms with Gasteiger partial charge in [-0.25, -0.2) is 9.18 Å². The maximum atomic E-state index is 14.5. The number of aliphatic carboxylic acids is 1. The Morgan fingerprint density at radius 2 is 1.50 bits per heavy atom. The molecule has 0 bridgehead atoms. The van der Waals surface area contributed by atoms with Crippen LogP contribution in [0.4, 0.5) is 4.39 Å². The first-order chi connectivity index (χ1) is 21.7. The van der Waals surface area contributed by atoms with Crippen molar-refractivity contribution >= 4 is 38.8 Å². The predicted octanol–water partition coefficient (Wildman–Crippen LogP) is 8.25. The van der Waals surface area contributed by atoms with E-state index in [-0.39, 0.29) is 12.0 Å². The third-order valence-electron chi connectivity index (χ3n) is 8.27. The molecule has 3 atom stereocenters. The van der Waals surface area contributed by atoms with Crippen molar-refractivity contribution in [1.29, 1.82) is 0 Å². The van der Waals surface area contributed by atoms with Crippen LogP contribution in [-0.2, 0) is 18.3 Å². The van der Waals surface area contributed by atoms with E-state index < -0.39 is 39.8 Å². The van der Waals surface area contributed by atoms with E-state index in [1.807, 2.05) is 107 Å². The molecule has 8 heteroatoms. The van der Waals surface area contributed by atoms with Gasteiger partial charge in [-0.15, -0.1) is 0 Å². The summed E-state index contributed by atoms with van der Waals surface area (Å²) >= 11 is 0. The monoisotopic (exact) mass is 657 g/mol. The number of benzene rings is 4. The summed E-state index contributed by atoms with van der Waals surface area (Å²) in [6.45, 7) is 11.5. The lowest BCUT2D eigenvalue weighted by molar-refractivity contribution is -0.149. The molecule has 0 amide bonds. The average Bonchev–Trinajstić information content (AvgIpc) is 3.01. The van der Waals surface area contributed by atoms with Gasteiger partial charge in [-0.05, 0) is 82.6 Å². The van der Waals surface area contributed by atoms with Crippen LogP contribution in [0.15, 0.2) is 96.8 Å². The highest BCUT2D eigenvalue weighted by Crippen LogP contribution is 2.53. The van der Waals surface area contributed by atoms with Crippen molar-refractivity contribution in [3.63, 3.8) is 0 Å². The number of carboxylic acid groups (broad SMARTS) is 1. The quantitative estimate of drug-likeness (QED) is 0.123. The zero-order valence-corrected chi connectivity index (χ0v) is 29.5. The fourth-order valence-electron chi connectivity index (χ4n) is 5.65. The molecule has 241 valence electrons. The van der Waals surface area contributed by atoms with Crippen molar-refractivity contribution in [2.24, 2.45) is 11.3 Å². The number of hydrogen-bond donors (Lipinski definition) is 1. The average molecular weight is 658 g/mol. The molecule has 4 aromatic rings. The lowest BCUT2D eigenvalue weighted by Gasteiger charge is -2.37. The third-order valence-corrected chi connectivity index (χ3v) is 12.6. The Kier molecular flexibility index (Phi) is 11.4. The van der Waals surface area contributed by atoms with Crippen LogP contribution in [0.3, 0.4) is 0 Å². The Labute approximate surface area is 274 Å². The van der Waals surface area contributed by atoms with Gasteiger partial charge >= 0.3 is 5.97 Å². The molecular formula is C38H43FO5PSi. The van der Waals surface area contributed by atoms with Gasteiger partial charge in [0.2, 0.25) is 7.37 Å². The number of carboxylic acids is 1. The number of carbonyl (C=O) groups is 1. The Morgan fingerprint density at radius 3 is 2.00 bits per heavy atom. The topological polar surface area (TPSA) is 72.8 Å². The molecule has 0 spiro atoms. The summed E-state index contributed by atoms with van der Waals surface area (Å²) in [7, 11) is -4.10. The molecule has 3 unspecified atom stereocenters. The van der Waals surface area contributed by atoms with Gasteiger partial charge in [-0.3, -0.25) is 4.57 Å². The van der Waals surface area contributed by atoms with Crippen LogP contribution >= 0.6 is 7.37 Å². The molecule has 5 nitrogen and oxygen atoms in total. The van der Waals surface area contributed by atoms with Crippen molar-refractivity contribution in [3.05, 3.63) is 125 Å². The Bertz CT molecular complexity index is 1690. The van der Waals surface area contributed by atoms with Crippen LogP contribution < -0.4 is 10.4 Å². The minimum Gasteiger partial charge on any atom is -0.479 e. The molecular weight excluding hydrogens is 614 g/mol. The largest absolute Gasteiger partial charge is 0.479 e. The second-order valence-corrected chi connectivity index (χ2v) is 17.4. The molecule has 0 saturated heterocycles. The highest BCUT2D eigenvalue weighted by molar-refractivity contribution is 7.62. The molecule has 1 radical (unpaired) electrons. The molecule has 46 heavy (non-hydrogen) atoms. The van der Waals surface area contributed by atoms with Gasteiger partial charge in [0.05, 0.1) is 0 Å². The van der Waals surface area contributed by atoms with Gasteiger partial charge in [-0.1, -0.05) is 105 Å². The lowest BCUT2D eigenvalue weighted by Crippen LogP contribution is -2.52. The number of aryl methyl sites for hydroxylation is 3. The zero-order chi connectivity index (χ0) is 33.6. The smallest absolute Gasteiger partial charge is 0.331 e. The van der Waals surface area contributed by atoms with Gasteiger partial charge in [-0.2, -0.15) is 0 Å². The van der Waals surface area contributed by atoms with Gasteiger partial charge in [0.25, 0.3) is 9.04 Å². The molecule has 4 rings (SSSR count). The molecule has 1 N–H and O–H groups in total. The first-order valence-corrected chi connectivity index (χ1v) is 18.6. The molecule has 0 saturated carbocycles. The Hall–Kier alpha value is -3.61. The SMILES string of the molecule is COP(=O)(/C=C\c1c(C)cc(C)cc1-c1ccc(F)c(C)c1)CC(C(O[Si](c1ccccc1)c1ccccc1)C(=O)O)C(C)(C)C. The molecule has 0 aliphatic rings. The van der Waals surface area contributed by atoms with Crippen LogP contribution in [0, 0.1) is 37.9 Å². The summed E-state index contributed by atoms with van der Waals surface area (Å²) in [5.74, 6) is -0.459. The van der Waals surface area contributed by atoms with Crippen molar-refractivity contribution < 1.29 is 27.8 Å². The fourth-order valence-corrected chi connectivity index (χ4v) is 9.82. The van der Waals surface area contributed by atoms with Gasteiger partial charge in [0.15, 0.2) is 0 Å². The van der Waals surface area contributed by atoms with E-state index in [9.17, 15) is 18.9 Å². The van der Waals surface area contributed by atoms with E-state index in [1.165, 1.54) is 13.2 Å². The second kappa shape index (κ2) is 14.9. The van der Waals surface area contributed by atoms with E-state index in [0.29, 0.717) is 5.56 Å². The predicted molar refractivity (Wildman–Crippen MR) is 188 cm³/mol. The minimum absolute atomic E-state index is 0.0326. The van der Waals surface area contributed by atoms with E-state index >= 15 is 0 Å². The first kappa shape index (κ1) is 35.2. The molecule has 4 aromatic carbocycles. The maximum Gasteiger partial charge on any atom is 0.331 e. The van der Waals surface area contributed by atoms with Crippen LogP contribution in [0.25, 0.3) is 17.2 Å². The van der Waals surface area contributed by atoms with Crippen molar-refractivity contribution in [3.8, 4) is 11.1 Å². The normalized spacial score (nSPS) is 14.7. The van der Waals surface area contributed by atoms with E-state index in [4.69, 9.17) is 8.95 Å². The summed E-state index contributed by atoms with van der Waals surface area (Å²) in [6.07, 6.45) is 0.520. The maximum absolute atomic E-state index is 14.5. The summed E-state index contributed by atoms with van der Waals surface area (Å²) < 4.78 is 40.9. The van der Waals surface area contributed by atoms with Crippen molar-refractivity contribution in [2.45, 2.75) is 47.6 Å². The second-order valence-electron chi connectivity index (χ2n) is 12.8. The van der Waals surface area contributed by atoms with Gasteiger partial charge in [0.1, 0.15) is 11.9 Å². The Morgan fingerprint density at radius 1 is 0.913 bits per heavy atom. The van der Waals surface area contributed by atoms with E-state index in [0.717, 1.165) is 38.2 Å². The summed E-state index contributed by atoms with van der Waals surface area (Å²) in [5.41, 5.74) is 4.53. The summed E-state index contributed by atoms with van der Waals surface area (Å²) in [5, 5.41) is 12.5. The molecule has 0 aliphatic carbocycles. The lowest BCUT2D eigenvalue weighted by atomic mass is 9.78. The number of halogens is 1. The van der Waals surface area contributed by atoms with Gasteiger partial charge in [0, 0.05) is 25.0 Å².